The van der Waals surface area contributed by atoms with E-state index < -0.39 is 27.9 Å². The molecule has 9 heteroatoms. The minimum Gasteiger partial charge on any atom is -0.477 e. The summed E-state index contributed by atoms with van der Waals surface area (Å²) >= 11 is 0.820. The van der Waals surface area contributed by atoms with Gasteiger partial charge in [-0.1, -0.05) is 13.8 Å². The smallest absolute Gasteiger partial charge is 0.345 e. The van der Waals surface area contributed by atoms with E-state index in [1.807, 2.05) is 13.8 Å². The summed E-state index contributed by atoms with van der Waals surface area (Å²) in [7, 11) is -2.51. The van der Waals surface area contributed by atoms with Crippen molar-refractivity contribution in [3.8, 4) is 0 Å². The first-order valence-electron chi connectivity index (χ1n) is 6.23. The van der Waals surface area contributed by atoms with Crippen LogP contribution in [-0.2, 0) is 14.8 Å². The van der Waals surface area contributed by atoms with Gasteiger partial charge in [-0.2, -0.15) is 4.72 Å². The zero-order valence-electron chi connectivity index (χ0n) is 11.9. The van der Waals surface area contributed by atoms with Crippen LogP contribution >= 0.6 is 11.3 Å². The van der Waals surface area contributed by atoms with Crippen LogP contribution in [0.4, 0.5) is 0 Å². The van der Waals surface area contributed by atoms with Crippen LogP contribution in [0.1, 0.15) is 29.9 Å². The molecule has 0 fully saturated rings. The van der Waals surface area contributed by atoms with E-state index in [4.69, 9.17) is 5.11 Å². The lowest BCUT2D eigenvalue weighted by Gasteiger charge is -2.18. The van der Waals surface area contributed by atoms with E-state index in [-0.39, 0.29) is 15.7 Å². The highest BCUT2D eigenvalue weighted by molar-refractivity contribution is 7.89. The van der Waals surface area contributed by atoms with Crippen LogP contribution in [-0.4, -0.2) is 38.5 Å². The fourth-order valence-electron chi connectivity index (χ4n) is 1.68. The minimum absolute atomic E-state index is 0.0734. The van der Waals surface area contributed by atoms with Crippen molar-refractivity contribution in [2.75, 3.05) is 7.05 Å². The van der Waals surface area contributed by atoms with Gasteiger partial charge < -0.3 is 10.4 Å². The second-order valence-corrected chi connectivity index (χ2v) is 7.49. The van der Waals surface area contributed by atoms with E-state index >= 15 is 0 Å². The number of sulfonamides is 1. The fourth-order valence-corrected chi connectivity index (χ4v) is 4.00. The molecule has 1 heterocycles. The Morgan fingerprint density at radius 2 is 2.00 bits per heavy atom. The predicted octanol–water partition coefficient (Wildman–Crippen LogP) is 0.885. The first-order chi connectivity index (χ1) is 9.67. The molecule has 0 bridgehead atoms. The Hall–Kier alpha value is -1.45. The van der Waals surface area contributed by atoms with E-state index in [1.165, 1.54) is 12.4 Å². The number of hydrogen-bond donors (Lipinski definition) is 3. The summed E-state index contributed by atoms with van der Waals surface area (Å²) in [5.74, 6) is -1.50. The molecule has 0 aliphatic rings. The lowest BCUT2D eigenvalue weighted by atomic mass is 10.0. The highest BCUT2D eigenvalue weighted by Gasteiger charge is 2.27. The lowest BCUT2D eigenvalue weighted by Crippen LogP contribution is -2.46. The molecule has 0 saturated carbocycles. The van der Waals surface area contributed by atoms with Gasteiger partial charge in [-0.05, 0) is 18.4 Å². The van der Waals surface area contributed by atoms with Gasteiger partial charge in [-0.15, -0.1) is 11.3 Å². The van der Waals surface area contributed by atoms with Crippen LogP contribution in [0.15, 0.2) is 16.3 Å². The van der Waals surface area contributed by atoms with Gasteiger partial charge in [0.1, 0.15) is 10.9 Å². The van der Waals surface area contributed by atoms with E-state index in [2.05, 4.69) is 10.0 Å². The first kappa shape index (κ1) is 17.6. The van der Waals surface area contributed by atoms with Gasteiger partial charge in [-0.3, -0.25) is 4.79 Å². The van der Waals surface area contributed by atoms with Gasteiger partial charge in [0.25, 0.3) is 0 Å². The zero-order chi connectivity index (χ0) is 16.2. The van der Waals surface area contributed by atoms with Crippen molar-refractivity contribution in [3.05, 3.63) is 16.3 Å². The largest absolute Gasteiger partial charge is 0.477 e. The molecule has 1 atom stereocenters. The Kier molecular flexibility index (Phi) is 5.87. The quantitative estimate of drug-likeness (QED) is 0.685. The second kappa shape index (κ2) is 7.01. The Labute approximate surface area is 127 Å². The number of thiophene rings is 1. The molecule has 1 amide bonds. The third-order valence-corrected chi connectivity index (χ3v) is 5.18. The maximum absolute atomic E-state index is 12.2. The molecule has 0 spiro atoms. The van der Waals surface area contributed by atoms with Gasteiger partial charge in [0.2, 0.25) is 15.9 Å². The molecule has 21 heavy (non-hydrogen) atoms. The van der Waals surface area contributed by atoms with E-state index in [9.17, 15) is 18.0 Å². The van der Waals surface area contributed by atoms with Crippen molar-refractivity contribution in [2.24, 2.45) is 5.92 Å². The Morgan fingerprint density at radius 3 is 2.43 bits per heavy atom. The number of carboxylic acids is 1. The summed E-state index contributed by atoms with van der Waals surface area (Å²) in [4.78, 5) is 22.3. The molecule has 3 N–H and O–H groups in total. The van der Waals surface area contributed by atoms with Gasteiger partial charge in [0.15, 0.2) is 0 Å². The Morgan fingerprint density at radius 1 is 1.38 bits per heavy atom. The number of likely N-dealkylation sites (N-methyl/N-ethyl adjacent to an activating group) is 1. The number of amides is 1. The number of carbonyl (C=O) groups is 2. The molecular formula is C12H18N2O5S2. The predicted molar refractivity (Wildman–Crippen MR) is 78.9 cm³/mol. The van der Waals surface area contributed by atoms with Crippen molar-refractivity contribution < 1.29 is 23.1 Å². The number of carbonyl (C=O) groups excluding carboxylic acids is 1. The standard InChI is InChI=1S/C12H18N2O5S2/c1-7(2)4-9(11(15)13-3)14-21(18,19)8-5-10(12(16)17)20-6-8/h5-7,9,14H,4H2,1-3H3,(H,13,15)(H,16,17). The van der Waals surface area contributed by atoms with Crippen molar-refractivity contribution in [3.63, 3.8) is 0 Å². The second-order valence-electron chi connectivity index (χ2n) is 4.87. The molecular weight excluding hydrogens is 316 g/mol. The average Bonchev–Trinajstić information content (AvgIpc) is 2.86. The van der Waals surface area contributed by atoms with Gasteiger partial charge in [-0.25, -0.2) is 13.2 Å². The molecule has 0 aliphatic heterocycles. The molecule has 7 nitrogen and oxygen atoms in total. The molecule has 1 aromatic rings. The summed E-state index contributed by atoms with van der Waals surface area (Å²) in [5.41, 5.74) is 0. The zero-order valence-corrected chi connectivity index (χ0v) is 13.5. The van der Waals surface area contributed by atoms with Crippen molar-refractivity contribution in [1.29, 1.82) is 0 Å². The van der Waals surface area contributed by atoms with Gasteiger partial charge in [0.05, 0.1) is 4.90 Å². The topological polar surface area (TPSA) is 113 Å². The summed E-state index contributed by atoms with van der Waals surface area (Å²) in [6.45, 7) is 3.74. The summed E-state index contributed by atoms with van der Waals surface area (Å²) in [5, 5.41) is 12.5. The first-order valence-corrected chi connectivity index (χ1v) is 8.59. The van der Waals surface area contributed by atoms with Crippen molar-refractivity contribution >= 4 is 33.2 Å². The lowest BCUT2D eigenvalue weighted by molar-refractivity contribution is -0.122. The summed E-state index contributed by atoms with van der Waals surface area (Å²) in [6, 6.07) is 0.180. The number of rotatable bonds is 7. The fraction of sp³-hybridized carbons (Fsp3) is 0.500. The summed E-state index contributed by atoms with van der Waals surface area (Å²) in [6.07, 6.45) is 0.342. The van der Waals surface area contributed by atoms with Crippen LogP contribution in [0.3, 0.4) is 0 Å². The number of aromatic carboxylic acids is 1. The molecule has 0 saturated heterocycles. The number of hydrogen-bond acceptors (Lipinski definition) is 5. The van der Waals surface area contributed by atoms with Crippen LogP contribution in [0.25, 0.3) is 0 Å². The van der Waals surface area contributed by atoms with Crippen molar-refractivity contribution in [2.45, 2.75) is 31.2 Å². The van der Waals surface area contributed by atoms with Crippen LogP contribution in [0.2, 0.25) is 0 Å². The maximum atomic E-state index is 12.2. The average molecular weight is 334 g/mol. The Balaban J connectivity index is 2.99. The number of carboxylic acid groups (broad SMARTS) is 1. The monoisotopic (exact) mass is 334 g/mol. The normalized spacial score (nSPS) is 13.1. The highest BCUT2D eigenvalue weighted by Crippen LogP contribution is 2.20. The van der Waals surface area contributed by atoms with E-state index in [1.54, 1.807) is 0 Å². The molecule has 1 unspecified atom stereocenters. The molecule has 1 aromatic heterocycles. The van der Waals surface area contributed by atoms with Gasteiger partial charge in [0, 0.05) is 12.4 Å². The van der Waals surface area contributed by atoms with Gasteiger partial charge >= 0.3 is 5.97 Å². The van der Waals surface area contributed by atoms with Crippen molar-refractivity contribution in [1.82, 2.24) is 10.0 Å². The highest BCUT2D eigenvalue weighted by atomic mass is 32.2. The van der Waals surface area contributed by atoms with E-state index in [0.29, 0.717) is 6.42 Å². The molecule has 0 aliphatic carbocycles. The molecule has 0 aromatic carbocycles. The molecule has 118 valence electrons. The maximum Gasteiger partial charge on any atom is 0.345 e. The Bertz CT molecular complexity index is 621. The molecule has 1 rings (SSSR count). The third kappa shape index (κ3) is 4.80. The molecule has 0 radical (unpaired) electrons. The van der Waals surface area contributed by atoms with Crippen LogP contribution in [0, 0.1) is 5.92 Å². The third-order valence-electron chi connectivity index (χ3n) is 2.66. The van der Waals surface area contributed by atoms with Crippen LogP contribution in [0.5, 0.6) is 0 Å². The number of nitrogens with one attached hydrogen (secondary N) is 2. The minimum atomic E-state index is -3.94. The van der Waals surface area contributed by atoms with E-state index in [0.717, 1.165) is 17.4 Å². The van der Waals surface area contributed by atoms with Crippen LogP contribution < -0.4 is 10.0 Å². The SMILES string of the molecule is CNC(=O)C(CC(C)C)NS(=O)(=O)c1csc(C(=O)O)c1. The summed E-state index contributed by atoms with van der Waals surface area (Å²) < 4.78 is 26.7.